The minimum atomic E-state index is -3.06. The number of nitrogens with zero attached hydrogens (tertiary/aromatic N) is 4. The van der Waals surface area contributed by atoms with Gasteiger partial charge in [-0.1, -0.05) is 0 Å². The summed E-state index contributed by atoms with van der Waals surface area (Å²) in [6.45, 7) is 3.04. The number of sulfone groups is 1. The van der Waals surface area contributed by atoms with Crippen molar-refractivity contribution >= 4 is 33.3 Å². The van der Waals surface area contributed by atoms with Crippen LogP contribution in [0.5, 0.6) is 11.5 Å². The van der Waals surface area contributed by atoms with E-state index in [0.717, 1.165) is 5.69 Å². The number of aryl methyl sites for hydroxylation is 1. The van der Waals surface area contributed by atoms with E-state index < -0.39 is 15.9 Å². The van der Waals surface area contributed by atoms with Crippen LogP contribution in [0.1, 0.15) is 18.5 Å². The van der Waals surface area contributed by atoms with Crippen molar-refractivity contribution in [2.75, 3.05) is 56.0 Å². The number of piperidine rings is 1. The molecular weight excluding hydrogens is 462 g/mol. The zero-order valence-corrected chi connectivity index (χ0v) is 20.6. The van der Waals surface area contributed by atoms with Crippen molar-refractivity contribution in [3.05, 3.63) is 30.1 Å². The summed E-state index contributed by atoms with van der Waals surface area (Å²) in [6, 6.07) is 5.38. The Morgan fingerprint density at radius 1 is 1.29 bits per heavy atom. The van der Waals surface area contributed by atoms with E-state index in [4.69, 9.17) is 14.6 Å². The van der Waals surface area contributed by atoms with Gasteiger partial charge in [0.25, 0.3) is 0 Å². The number of rotatable bonds is 9. The van der Waals surface area contributed by atoms with E-state index in [1.165, 1.54) is 18.3 Å². The molecule has 1 amide bonds. The quantitative estimate of drug-likeness (QED) is 0.536. The van der Waals surface area contributed by atoms with Crippen molar-refractivity contribution in [2.24, 2.45) is 0 Å². The van der Waals surface area contributed by atoms with Crippen LogP contribution in [0, 0.1) is 6.92 Å². The van der Waals surface area contributed by atoms with E-state index in [9.17, 15) is 13.2 Å². The SMILES string of the molecule is COc1c(OC2CCN(C(=O)O)CC2)ccnc1Nc1ccc(N(C)CCS(C)(=O)=O)nc1C. The smallest absolute Gasteiger partial charge is 0.407 e. The van der Waals surface area contributed by atoms with Gasteiger partial charge in [-0.05, 0) is 19.1 Å². The highest BCUT2D eigenvalue weighted by atomic mass is 32.2. The van der Waals surface area contributed by atoms with Gasteiger partial charge in [0.05, 0.1) is 24.2 Å². The molecule has 186 valence electrons. The van der Waals surface area contributed by atoms with Crippen LogP contribution in [0.25, 0.3) is 0 Å². The number of hydrogen-bond acceptors (Lipinski definition) is 9. The number of anilines is 3. The van der Waals surface area contributed by atoms with Crippen LogP contribution in [0.2, 0.25) is 0 Å². The van der Waals surface area contributed by atoms with E-state index in [2.05, 4.69) is 15.3 Å². The summed E-state index contributed by atoms with van der Waals surface area (Å²) in [5.74, 6) is 2.14. The van der Waals surface area contributed by atoms with Crippen molar-refractivity contribution in [3.8, 4) is 11.5 Å². The normalized spacial score (nSPS) is 14.5. The van der Waals surface area contributed by atoms with Crippen molar-refractivity contribution in [3.63, 3.8) is 0 Å². The molecule has 3 heterocycles. The van der Waals surface area contributed by atoms with Crippen LogP contribution in [-0.4, -0.2) is 86.4 Å². The first-order valence-corrected chi connectivity index (χ1v) is 12.9. The van der Waals surface area contributed by atoms with Crippen molar-refractivity contribution in [2.45, 2.75) is 25.9 Å². The van der Waals surface area contributed by atoms with Gasteiger partial charge < -0.3 is 29.7 Å². The van der Waals surface area contributed by atoms with Gasteiger partial charge >= 0.3 is 6.09 Å². The Bertz CT molecular complexity index is 1120. The van der Waals surface area contributed by atoms with Gasteiger partial charge in [0.1, 0.15) is 21.8 Å². The van der Waals surface area contributed by atoms with Crippen LogP contribution in [-0.2, 0) is 9.84 Å². The lowest BCUT2D eigenvalue weighted by Crippen LogP contribution is -2.41. The molecule has 11 nitrogen and oxygen atoms in total. The molecule has 34 heavy (non-hydrogen) atoms. The average Bonchev–Trinajstić information content (AvgIpc) is 2.79. The zero-order valence-electron chi connectivity index (χ0n) is 19.8. The molecule has 1 fully saturated rings. The molecule has 0 aliphatic carbocycles. The van der Waals surface area contributed by atoms with E-state index in [1.807, 2.05) is 13.0 Å². The van der Waals surface area contributed by atoms with Crippen molar-refractivity contribution < 1.29 is 27.8 Å². The number of amides is 1. The lowest BCUT2D eigenvalue weighted by atomic mass is 10.1. The summed E-state index contributed by atoms with van der Waals surface area (Å²) >= 11 is 0. The molecular formula is C22H31N5O6S. The highest BCUT2D eigenvalue weighted by Gasteiger charge is 2.25. The predicted octanol–water partition coefficient (Wildman–Crippen LogP) is 2.54. The molecule has 0 radical (unpaired) electrons. The summed E-state index contributed by atoms with van der Waals surface area (Å²) in [4.78, 5) is 23.2. The molecule has 0 aromatic carbocycles. The number of likely N-dealkylation sites (tertiary alicyclic amines) is 1. The first-order chi connectivity index (χ1) is 16.1. The van der Waals surface area contributed by atoms with Gasteiger partial charge in [-0.3, -0.25) is 0 Å². The number of carbonyl (C=O) groups is 1. The summed E-state index contributed by atoms with van der Waals surface area (Å²) in [5, 5.41) is 12.4. The van der Waals surface area contributed by atoms with Gasteiger partial charge in [-0.15, -0.1) is 0 Å². The van der Waals surface area contributed by atoms with E-state index in [1.54, 1.807) is 30.3 Å². The highest BCUT2D eigenvalue weighted by Crippen LogP contribution is 2.37. The summed E-state index contributed by atoms with van der Waals surface area (Å²) in [7, 11) is 0.273. The Labute approximate surface area is 199 Å². The second-order valence-electron chi connectivity index (χ2n) is 8.26. The standard InChI is InChI=1S/C22H31N5O6S/c1-15-17(5-6-19(24-15)26(2)13-14-34(4,30)31)25-21-20(32-3)18(7-10-23-21)33-16-8-11-27(12-9-16)22(28)29/h5-7,10,16H,8-9,11-14H2,1-4H3,(H,23,25)(H,28,29). The number of methoxy groups -OCH3 is 1. The number of pyridine rings is 2. The third-order valence-electron chi connectivity index (χ3n) is 5.59. The minimum Gasteiger partial charge on any atom is -0.490 e. The van der Waals surface area contributed by atoms with Crippen LogP contribution in [0.3, 0.4) is 0 Å². The van der Waals surface area contributed by atoms with Gasteiger partial charge in [-0.25, -0.2) is 23.2 Å². The first-order valence-electron chi connectivity index (χ1n) is 10.9. The molecule has 3 rings (SSSR count). The first kappa shape index (κ1) is 25.3. The van der Waals surface area contributed by atoms with Crippen molar-refractivity contribution in [1.29, 1.82) is 0 Å². The Hall–Kier alpha value is -3.28. The Morgan fingerprint density at radius 2 is 2.00 bits per heavy atom. The number of nitrogens with one attached hydrogen (secondary N) is 1. The molecule has 0 unspecified atom stereocenters. The fourth-order valence-electron chi connectivity index (χ4n) is 3.59. The average molecular weight is 494 g/mol. The highest BCUT2D eigenvalue weighted by molar-refractivity contribution is 7.90. The third-order valence-corrected chi connectivity index (χ3v) is 6.52. The fraction of sp³-hybridized carbons (Fsp3) is 0.500. The maximum Gasteiger partial charge on any atom is 0.407 e. The van der Waals surface area contributed by atoms with Gasteiger partial charge in [0, 0.05) is 58.0 Å². The minimum absolute atomic E-state index is 0.0491. The topological polar surface area (TPSA) is 134 Å². The molecule has 2 N–H and O–H groups in total. The molecule has 1 aliphatic rings. The Balaban J connectivity index is 1.71. The monoisotopic (exact) mass is 493 g/mol. The molecule has 0 spiro atoms. The second kappa shape index (κ2) is 10.8. The van der Waals surface area contributed by atoms with E-state index in [0.29, 0.717) is 61.3 Å². The maximum absolute atomic E-state index is 11.4. The van der Waals surface area contributed by atoms with Gasteiger partial charge in [0.15, 0.2) is 11.6 Å². The van der Waals surface area contributed by atoms with Crippen LogP contribution < -0.4 is 19.7 Å². The second-order valence-corrected chi connectivity index (χ2v) is 10.5. The Morgan fingerprint density at radius 3 is 2.59 bits per heavy atom. The number of carboxylic acid groups (broad SMARTS) is 1. The summed E-state index contributed by atoms with van der Waals surface area (Å²) in [6.07, 6.45) is 2.98. The van der Waals surface area contributed by atoms with Crippen LogP contribution in [0.4, 0.5) is 22.1 Å². The molecule has 0 atom stereocenters. The van der Waals surface area contributed by atoms with E-state index in [-0.39, 0.29) is 11.9 Å². The van der Waals surface area contributed by atoms with E-state index >= 15 is 0 Å². The fourth-order valence-corrected chi connectivity index (χ4v) is 4.20. The van der Waals surface area contributed by atoms with Gasteiger partial charge in [0.2, 0.25) is 5.75 Å². The van der Waals surface area contributed by atoms with Gasteiger partial charge in [-0.2, -0.15) is 0 Å². The lowest BCUT2D eigenvalue weighted by Gasteiger charge is -2.30. The molecule has 2 aromatic rings. The molecule has 12 heteroatoms. The van der Waals surface area contributed by atoms with Crippen LogP contribution >= 0.6 is 0 Å². The third kappa shape index (κ3) is 6.62. The predicted molar refractivity (Wildman–Crippen MR) is 129 cm³/mol. The molecule has 1 saturated heterocycles. The van der Waals surface area contributed by atoms with Crippen molar-refractivity contribution in [1.82, 2.24) is 14.9 Å². The number of ether oxygens (including phenoxy) is 2. The zero-order chi connectivity index (χ0) is 24.9. The lowest BCUT2D eigenvalue weighted by molar-refractivity contribution is 0.0878. The largest absolute Gasteiger partial charge is 0.490 e. The Kier molecular flexibility index (Phi) is 8.02. The van der Waals surface area contributed by atoms with Crippen LogP contribution in [0.15, 0.2) is 24.4 Å². The molecule has 0 saturated carbocycles. The molecule has 2 aromatic heterocycles. The molecule has 1 aliphatic heterocycles. The maximum atomic E-state index is 11.4. The summed E-state index contributed by atoms with van der Waals surface area (Å²) in [5.41, 5.74) is 1.43. The molecule has 0 bridgehead atoms. The number of hydrogen-bond donors (Lipinski definition) is 2. The number of aromatic nitrogens is 2. The summed E-state index contributed by atoms with van der Waals surface area (Å²) < 4.78 is 34.6.